The van der Waals surface area contributed by atoms with E-state index in [0.717, 1.165) is 5.52 Å². The Hall–Kier alpha value is -0.900. The molecule has 1 aromatic carbocycles. The molecule has 2 rings (SSSR count). The molecule has 0 bridgehead atoms. The van der Waals surface area contributed by atoms with Crippen molar-refractivity contribution in [2.45, 2.75) is 5.33 Å². The summed E-state index contributed by atoms with van der Waals surface area (Å²) in [5.74, 6) is -0.216. The van der Waals surface area contributed by atoms with Crippen molar-refractivity contribution >= 4 is 27.0 Å². The lowest BCUT2D eigenvalue weighted by molar-refractivity contribution is 0.619. The lowest BCUT2D eigenvalue weighted by atomic mass is 10.2. The predicted molar refractivity (Wildman–Crippen MR) is 48.7 cm³/mol. The van der Waals surface area contributed by atoms with Crippen LogP contribution in [0.2, 0.25) is 0 Å². The summed E-state index contributed by atoms with van der Waals surface area (Å²) in [6, 6.07) is 3.19. The molecule has 0 saturated heterocycles. The van der Waals surface area contributed by atoms with Crippen LogP contribution in [0.25, 0.3) is 11.0 Å². The Labute approximate surface area is 76.9 Å². The Kier molecular flexibility index (Phi) is 1.84. The molecule has 62 valence electrons. The molecule has 0 amide bonds. The summed E-state index contributed by atoms with van der Waals surface area (Å²) in [7, 11) is 0. The van der Waals surface area contributed by atoms with Crippen molar-refractivity contribution < 1.29 is 4.39 Å². The molecule has 2 aromatic rings. The summed E-state index contributed by atoms with van der Waals surface area (Å²) >= 11 is 3.21. The number of halogens is 2. The molecule has 12 heavy (non-hydrogen) atoms. The first kappa shape index (κ1) is 7.73. The highest BCUT2D eigenvalue weighted by atomic mass is 79.9. The van der Waals surface area contributed by atoms with Crippen LogP contribution >= 0.6 is 15.9 Å². The summed E-state index contributed by atoms with van der Waals surface area (Å²) in [5, 5.41) is 0.522. The first-order valence-electron chi connectivity index (χ1n) is 3.48. The zero-order valence-electron chi connectivity index (χ0n) is 6.14. The Morgan fingerprint density at radius 1 is 1.50 bits per heavy atom. The van der Waals surface area contributed by atoms with Crippen molar-refractivity contribution in [3.8, 4) is 0 Å². The molecule has 0 saturated carbocycles. The number of nitrogens with one attached hydrogen (secondary N) is 1. The zero-order chi connectivity index (χ0) is 8.55. The van der Waals surface area contributed by atoms with Crippen LogP contribution < -0.4 is 0 Å². The van der Waals surface area contributed by atoms with Gasteiger partial charge in [-0.25, -0.2) is 9.37 Å². The number of fused-ring (bicyclic) bond motifs is 1. The van der Waals surface area contributed by atoms with Crippen molar-refractivity contribution in [1.82, 2.24) is 9.97 Å². The lowest BCUT2D eigenvalue weighted by Gasteiger charge is -1.97. The maximum Gasteiger partial charge on any atom is 0.129 e. The quantitative estimate of drug-likeness (QED) is 0.748. The molecule has 0 aliphatic heterocycles. The fraction of sp³-hybridized carbons (Fsp3) is 0.125. The Bertz CT molecular complexity index is 410. The van der Waals surface area contributed by atoms with Gasteiger partial charge in [-0.1, -0.05) is 15.9 Å². The van der Waals surface area contributed by atoms with Gasteiger partial charge in [-0.3, -0.25) is 0 Å². The Morgan fingerprint density at radius 3 is 3.08 bits per heavy atom. The van der Waals surface area contributed by atoms with E-state index in [0.29, 0.717) is 16.4 Å². The van der Waals surface area contributed by atoms with Crippen LogP contribution in [0.3, 0.4) is 0 Å². The van der Waals surface area contributed by atoms with Crippen molar-refractivity contribution in [3.05, 3.63) is 29.8 Å². The molecule has 4 heteroatoms. The number of aromatic amines is 1. The van der Waals surface area contributed by atoms with Crippen LogP contribution in [-0.4, -0.2) is 9.97 Å². The van der Waals surface area contributed by atoms with Gasteiger partial charge in [-0.2, -0.15) is 0 Å². The van der Waals surface area contributed by atoms with Gasteiger partial charge in [0.15, 0.2) is 0 Å². The van der Waals surface area contributed by atoms with Crippen LogP contribution in [0.4, 0.5) is 4.39 Å². The topological polar surface area (TPSA) is 28.7 Å². The maximum absolute atomic E-state index is 13.1. The van der Waals surface area contributed by atoms with Gasteiger partial charge in [0.25, 0.3) is 0 Å². The summed E-state index contributed by atoms with van der Waals surface area (Å²) in [4.78, 5) is 6.87. The van der Waals surface area contributed by atoms with Crippen LogP contribution in [-0.2, 0) is 5.33 Å². The van der Waals surface area contributed by atoms with Gasteiger partial charge in [-0.15, -0.1) is 0 Å². The second-order valence-electron chi connectivity index (χ2n) is 2.50. The summed E-state index contributed by atoms with van der Waals surface area (Å²) < 4.78 is 13.1. The minimum atomic E-state index is -0.216. The van der Waals surface area contributed by atoms with Gasteiger partial charge < -0.3 is 4.98 Å². The van der Waals surface area contributed by atoms with E-state index >= 15 is 0 Å². The average molecular weight is 229 g/mol. The fourth-order valence-corrected chi connectivity index (χ4v) is 1.53. The number of benzene rings is 1. The summed E-state index contributed by atoms with van der Waals surface area (Å²) in [6.45, 7) is 0. The van der Waals surface area contributed by atoms with Gasteiger partial charge in [0.1, 0.15) is 5.82 Å². The van der Waals surface area contributed by atoms with Gasteiger partial charge >= 0.3 is 0 Å². The Morgan fingerprint density at radius 2 is 2.33 bits per heavy atom. The van der Waals surface area contributed by atoms with E-state index in [1.165, 1.54) is 6.07 Å². The lowest BCUT2D eigenvalue weighted by Crippen LogP contribution is -1.85. The minimum Gasteiger partial charge on any atom is -0.345 e. The third-order valence-corrected chi connectivity index (χ3v) is 2.34. The average Bonchev–Trinajstić information content (AvgIpc) is 2.49. The summed E-state index contributed by atoms with van der Waals surface area (Å²) in [5.41, 5.74) is 2.18. The van der Waals surface area contributed by atoms with Crippen molar-refractivity contribution in [2.24, 2.45) is 0 Å². The highest BCUT2D eigenvalue weighted by Gasteiger charge is 2.04. The van der Waals surface area contributed by atoms with Crippen LogP contribution in [0.1, 0.15) is 5.56 Å². The number of aromatic nitrogens is 2. The van der Waals surface area contributed by atoms with Crippen LogP contribution in [0.15, 0.2) is 18.5 Å². The third-order valence-electron chi connectivity index (χ3n) is 1.73. The van der Waals surface area contributed by atoms with E-state index in [9.17, 15) is 4.39 Å². The number of alkyl halides is 1. The molecule has 0 radical (unpaired) electrons. The van der Waals surface area contributed by atoms with Crippen LogP contribution in [0, 0.1) is 5.82 Å². The van der Waals surface area contributed by atoms with E-state index < -0.39 is 0 Å². The van der Waals surface area contributed by atoms with E-state index in [1.54, 1.807) is 12.4 Å². The van der Waals surface area contributed by atoms with Crippen molar-refractivity contribution in [2.75, 3.05) is 0 Å². The molecule has 0 aliphatic carbocycles. The van der Waals surface area contributed by atoms with Gasteiger partial charge in [0.05, 0.1) is 17.4 Å². The molecule has 0 aliphatic rings. The SMILES string of the molecule is Fc1cc2nc[nH]c2cc1CBr. The maximum atomic E-state index is 13.1. The van der Waals surface area contributed by atoms with Crippen molar-refractivity contribution in [3.63, 3.8) is 0 Å². The monoisotopic (exact) mass is 228 g/mol. The van der Waals surface area contributed by atoms with Crippen molar-refractivity contribution in [1.29, 1.82) is 0 Å². The number of nitrogens with zero attached hydrogens (tertiary/aromatic N) is 1. The number of imidazole rings is 1. The molecule has 0 atom stereocenters. The minimum absolute atomic E-state index is 0.216. The fourth-order valence-electron chi connectivity index (χ4n) is 1.10. The van der Waals surface area contributed by atoms with E-state index in [1.807, 2.05) is 0 Å². The first-order valence-corrected chi connectivity index (χ1v) is 4.61. The molecule has 2 nitrogen and oxygen atoms in total. The second kappa shape index (κ2) is 2.86. The standard InChI is InChI=1S/C8H6BrFN2/c9-3-5-1-7-8(2-6(5)10)12-4-11-7/h1-2,4H,3H2,(H,11,12). The number of hydrogen-bond donors (Lipinski definition) is 1. The molecule has 1 aromatic heterocycles. The van der Waals surface area contributed by atoms with Gasteiger partial charge in [0, 0.05) is 17.0 Å². The van der Waals surface area contributed by atoms with E-state index in [-0.39, 0.29) is 5.82 Å². The second-order valence-corrected chi connectivity index (χ2v) is 3.06. The number of H-pyrrole nitrogens is 1. The number of rotatable bonds is 1. The molecule has 0 spiro atoms. The molecule has 0 fully saturated rings. The predicted octanol–water partition coefficient (Wildman–Crippen LogP) is 2.60. The zero-order valence-corrected chi connectivity index (χ0v) is 7.73. The first-order chi connectivity index (χ1) is 5.81. The molecular weight excluding hydrogens is 223 g/mol. The largest absolute Gasteiger partial charge is 0.345 e. The summed E-state index contributed by atoms with van der Waals surface area (Å²) in [6.07, 6.45) is 1.56. The third kappa shape index (κ3) is 1.12. The van der Waals surface area contributed by atoms with Gasteiger partial charge in [-0.05, 0) is 6.07 Å². The van der Waals surface area contributed by atoms with E-state index in [4.69, 9.17) is 0 Å². The molecular formula is C8H6BrFN2. The highest BCUT2D eigenvalue weighted by Crippen LogP contribution is 2.17. The Balaban J connectivity index is 2.73. The van der Waals surface area contributed by atoms with Crippen LogP contribution in [0.5, 0.6) is 0 Å². The number of hydrogen-bond acceptors (Lipinski definition) is 1. The smallest absolute Gasteiger partial charge is 0.129 e. The normalized spacial score (nSPS) is 10.8. The van der Waals surface area contributed by atoms with Gasteiger partial charge in [0.2, 0.25) is 0 Å². The molecule has 0 unspecified atom stereocenters. The molecule has 1 N–H and O–H groups in total. The molecule has 1 heterocycles. The highest BCUT2D eigenvalue weighted by molar-refractivity contribution is 9.08. The van der Waals surface area contributed by atoms with E-state index in [2.05, 4.69) is 25.9 Å².